The van der Waals surface area contributed by atoms with Gasteiger partial charge in [-0.15, -0.1) is 0 Å². The molecule has 25 heavy (non-hydrogen) atoms. The Kier molecular flexibility index (Phi) is 3.13. The fourth-order valence-corrected chi connectivity index (χ4v) is 5.58. The van der Waals surface area contributed by atoms with Gasteiger partial charge in [-0.2, -0.15) is 10.1 Å². The van der Waals surface area contributed by atoms with Crippen LogP contribution >= 0.6 is 0 Å². The van der Waals surface area contributed by atoms with Crippen molar-refractivity contribution in [2.24, 2.45) is 17.8 Å². The van der Waals surface area contributed by atoms with Crippen molar-refractivity contribution in [2.75, 3.05) is 11.4 Å². The molecule has 2 aliphatic carbocycles. The van der Waals surface area contributed by atoms with E-state index in [0.29, 0.717) is 17.1 Å². The molecule has 6 rings (SSSR count). The van der Waals surface area contributed by atoms with Gasteiger partial charge in [0.05, 0.1) is 11.7 Å². The van der Waals surface area contributed by atoms with E-state index in [0.717, 1.165) is 30.2 Å². The SMILES string of the molecule is CC(C)(C)n1ncc2c(=O)[nH]c(N3CC4C[C@@H]5CC3C[C@H](C4)C5)nc21. The van der Waals surface area contributed by atoms with Crippen LogP contribution in [0, 0.1) is 17.8 Å². The van der Waals surface area contributed by atoms with Gasteiger partial charge in [-0.1, -0.05) is 0 Å². The van der Waals surface area contributed by atoms with Crippen molar-refractivity contribution in [3.05, 3.63) is 16.6 Å². The topological polar surface area (TPSA) is 66.8 Å². The maximum Gasteiger partial charge on any atom is 0.263 e. The first kappa shape index (κ1) is 15.4. The molecule has 2 saturated carbocycles. The van der Waals surface area contributed by atoms with Crippen LogP contribution in [0.4, 0.5) is 5.95 Å². The summed E-state index contributed by atoms with van der Waals surface area (Å²) in [5.41, 5.74) is 0.436. The molecule has 2 saturated heterocycles. The third-order valence-electron chi connectivity index (χ3n) is 6.44. The zero-order valence-electron chi connectivity index (χ0n) is 15.3. The molecule has 4 bridgehead atoms. The molecule has 0 radical (unpaired) electrons. The lowest BCUT2D eigenvalue weighted by Crippen LogP contribution is -2.40. The highest BCUT2D eigenvalue weighted by atomic mass is 16.1. The molecule has 4 heterocycles. The van der Waals surface area contributed by atoms with Crippen molar-refractivity contribution in [1.29, 1.82) is 0 Å². The van der Waals surface area contributed by atoms with E-state index in [-0.39, 0.29) is 11.1 Å². The van der Waals surface area contributed by atoms with Crippen LogP contribution < -0.4 is 10.5 Å². The second kappa shape index (κ2) is 5.08. The smallest absolute Gasteiger partial charge is 0.263 e. The number of aromatic amines is 1. The predicted octanol–water partition coefficient (Wildman–Crippen LogP) is 2.89. The minimum atomic E-state index is -0.198. The number of fused-ring (bicyclic) bond motifs is 2. The molecule has 0 amide bonds. The number of nitrogens with one attached hydrogen (secondary N) is 1. The molecule has 4 aliphatic rings. The molecule has 134 valence electrons. The van der Waals surface area contributed by atoms with E-state index in [2.05, 4.69) is 35.8 Å². The number of hydrogen-bond acceptors (Lipinski definition) is 4. The fourth-order valence-electron chi connectivity index (χ4n) is 5.58. The Morgan fingerprint density at radius 2 is 1.76 bits per heavy atom. The Labute approximate surface area is 147 Å². The Hall–Kier alpha value is -1.85. The molecule has 4 atom stereocenters. The zero-order chi connectivity index (χ0) is 17.3. The first-order chi connectivity index (χ1) is 11.9. The lowest BCUT2D eigenvalue weighted by Gasteiger charge is -2.39. The molecule has 4 fully saturated rings. The molecule has 1 N–H and O–H groups in total. The van der Waals surface area contributed by atoms with Crippen molar-refractivity contribution in [3.8, 4) is 0 Å². The molecular weight excluding hydrogens is 314 g/mol. The van der Waals surface area contributed by atoms with Gasteiger partial charge >= 0.3 is 0 Å². The summed E-state index contributed by atoms with van der Waals surface area (Å²) in [5.74, 6) is 3.26. The van der Waals surface area contributed by atoms with E-state index in [1.807, 2.05) is 4.68 Å². The summed E-state index contributed by atoms with van der Waals surface area (Å²) in [6.45, 7) is 7.31. The average molecular weight is 341 g/mol. The summed E-state index contributed by atoms with van der Waals surface area (Å²) >= 11 is 0. The largest absolute Gasteiger partial charge is 0.339 e. The summed E-state index contributed by atoms with van der Waals surface area (Å²) in [6, 6.07) is 0.530. The van der Waals surface area contributed by atoms with Crippen LogP contribution in [0.5, 0.6) is 0 Å². The van der Waals surface area contributed by atoms with E-state index in [4.69, 9.17) is 4.98 Å². The minimum absolute atomic E-state index is 0.0700. The van der Waals surface area contributed by atoms with Crippen LogP contribution in [0.3, 0.4) is 0 Å². The number of anilines is 1. The molecule has 2 unspecified atom stereocenters. The number of nitrogens with zero attached hydrogens (tertiary/aromatic N) is 4. The normalized spacial score (nSPS) is 31.7. The van der Waals surface area contributed by atoms with Crippen LogP contribution in [0.25, 0.3) is 11.0 Å². The minimum Gasteiger partial charge on any atom is -0.339 e. The number of aromatic nitrogens is 4. The average Bonchev–Trinajstić information content (AvgIpc) is 2.87. The van der Waals surface area contributed by atoms with Crippen molar-refractivity contribution in [2.45, 2.75) is 64.5 Å². The van der Waals surface area contributed by atoms with E-state index in [1.165, 1.54) is 32.1 Å². The van der Waals surface area contributed by atoms with E-state index in [9.17, 15) is 4.79 Å². The highest BCUT2D eigenvalue weighted by Crippen LogP contribution is 2.48. The van der Waals surface area contributed by atoms with Crippen molar-refractivity contribution in [3.63, 3.8) is 0 Å². The molecule has 6 nitrogen and oxygen atoms in total. The van der Waals surface area contributed by atoms with Gasteiger partial charge in [-0.05, 0) is 70.6 Å². The Morgan fingerprint density at radius 1 is 1.08 bits per heavy atom. The predicted molar refractivity (Wildman–Crippen MR) is 97.8 cm³/mol. The zero-order valence-corrected chi connectivity index (χ0v) is 15.3. The lowest BCUT2D eigenvalue weighted by molar-refractivity contribution is 0.157. The molecule has 2 aromatic rings. The van der Waals surface area contributed by atoms with Gasteiger partial charge in [-0.25, -0.2) is 4.68 Å². The van der Waals surface area contributed by atoms with Crippen LogP contribution in [-0.2, 0) is 5.54 Å². The second-order valence-corrected chi connectivity index (χ2v) is 9.44. The van der Waals surface area contributed by atoms with Gasteiger partial charge < -0.3 is 4.90 Å². The van der Waals surface area contributed by atoms with Crippen molar-refractivity contribution < 1.29 is 0 Å². The molecule has 2 aliphatic heterocycles. The quantitative estimate of drug-likeness (QED) is 0.866. The third kappa shape index (κ3) is 2.41. The maximum absolute atomic E-state index is 12.7. The molecule has 2 aromatic heterocycles. The fraction of sp³-hybridized carbons (Fsp3) is 0.737. The lowest BCUT2D eigenvalue weighted by atomic mass is 9.68. The van der Waals surface area contributed by atoms with Gasteiger partial charge in [-0.3, -0.25) is 9.78 Å². The van der Waals surface area contributed by atoms with E-state index in [1.54, 1.807) is 6.20 Å². The summed E-state index contributed by atoms with van der Waals surface area (Å²) in [6.07, 6.45) is 8.29. The van der Waals surface area contributed by atoms with Gasteiger partial charge in [0.25, 0.3) is 5.56 Å². The second-order valence-electron chi connectivity index (χ2n) is 9.44. The molecular formula is C19H27N5O. The van der Waals surface area contributed by atoms with Gasteiger partial charge in [0.1, 0.15) is 5.39 Å². The molecule has 0 spiro atoms. The maximum atomic E-state index is 12.7. The van der Waals surface area contributed by atoms with Gasteiger partial charge in [0.2, 0.25) is 5.95 Å². The summed E-state index contributed by atoms with van der Waals surface area (Å²) in [5, 5.41) is 5.02. The summed E-state index contributed by atoms with van der Waals surface area (Å²) in [7, 11) is 0. The monoisotopic (exact) mass is 341 g/mol. The summed E-state index contributed by atoms with van der Waals surface area (Å²) < 4.78 is 1.88. The van der Waals surface area contributed by atoms with Crippen molar-refractivity contribution in [1.82, 2.24) is 19.7 Å². The van der Waals surface area contributed by atoms with Gasteiger partial charge in [0, 0.05) is 12.6 Å². The van der Waals surface area contributed by atoms with E-state index >= 15 is 0 Å². The molecule has 6 heteroatoms. The Balaban J connectivity index is 1.62. The Bertz CT molecular complexity index is 862. The standard InChI is InChI=1S/C19H27N5O/c1-19(2,3)24-16-15(9-20-24)17(25)22-18(21-16)23-10-13-5-11-4-12(6-13)8-14(23)7-11/h9,11-14H,4-8,10H2,1-3H3,(H,21,22,25)/t11-,12+,13?,14?. The first-order valence-corrected chi connectivity index (χ1v) is 9.63. The Morgan fingerprint density at radius 3 is 2.44 bits per heavy atom. The molecule has 0 aromatic carbocycles. The van der Waals surface area contributed by atoms with Crippen LogP contribution in [0.2, 0.25) is 0 Å². The number of rotatable bonds is 1. The van der Waals surface area contributed by atoms with Gasteiger partial charge in [0.15, 0.2) is 5.65 Å². The highest BCUT2D eigenvalue weighted by molar-refractivity contribution is 5.74. The first-order valence-electron chi connectivity index (χ1n) is 9.63. The van der Waals surface area contributed by atoms with Crippen LogP contribution in [0.1, 0.15) is 52.9 Å². The third-order valence-corrected chi connectivity index (χ3v) is 6.44. The number of H-pyrrole nitrogens is 1. The number of hydrogen-bond donors (Lipinski definition) is 1. The highest BCUT2D eigenvalue weighted by Gasteiger charge is 2.43. The van der Waals surface area contributed by atoms with Crippen LogP contribution in [-0.4, -0.2) is 32.3 Å². The van der Waals surface area contributed by atoms with Crippen LogP contribution in [0.15, 0.2) is 11.0 Å². The van der Waals surface area contributed by atoms with Crippen molar-refractivity contribution >= 4 is 17.0 Å². The van der Waals surface area contributed by atoms with E-state index < -0.39 is 0 Å². The summed E-state index contributed by atoms with van der Waals surface area (Å²) in [4.78, 5) is 23.0.